The number of alkyl halides is 3. The van der Waals surface area contributed by atoms with E-state index in [-0.39, 0.29) is 25.1 Å². The van der Waals surface area contributed by atoms with E-state index in [0.29, 0.717) is 0 Å². The van der Waals surface area contributed by atoms with E-state index in [1.807, 2.05) is 0 Å². The van der Waals surface area contributed by atoms with Gasteiger partial charge in [-0.2, -0.15) is 13.2 Å². The molecule has 0 bridgehead atoms. The lowest BCUT2D eigenvalue weighted by molar-refractivity contribution is -0.137. The maximum absolute atomic E-state index is 12.5. The summed E-state index contributed by atoms with van der Waals surface area (Å²) in [5.74, 6) is 0. The number of halogens is 4. The number of rotatable bonds is 3. The Morgan fingerprint density at radius 2 is 1.70 bits per heavy atom. The topological polar surface area (TPSA) is 35.5 Å². The minimum Gasteiger partial charge on any atom is -0.394 e. The second-order valence-electron chi connectivity index (χ2n) is 4.60. The molecule has 1 aliphatic rings. The van der Waals surface area contributed by atoms with Gasteiger partial charge in [0, 0.05) is 26.2 Å². The Labute approximate surface area is 122 Å². The van der Waals surface area contributed by atoms with Gasteiger partial charge in [0.1, 0.15) is 0 Å². The lowest BCUT2D eigenvalue weighted by Crippen LogP contribution is -2.46. The van der Waals surface area contributed by atoms with Crippen LogP contribution in [-0.2, 0) is 6.18 Å². The summed E-state index contributed by atoms with van der Waals surface area (Å²) in [6.45, 7) is 3.14. The average Bonchev–Trinajstić information content (AvgIpc) is 2.40. The molecule has 2 N–H and O–H groups in total. The summed E-state index contributed by atoms with van der Waals surface area (Å²) in [6, 6.07) is 4.81. The Morgan fingerprint density at radius 3 is 2.15 bits per heavy atom. The van der Waals surface area contributed by atoms with Crippen molar-refractivity contribution in [3.8, 4) is 0 Å². The van der Waals surface area contributed by atoms with Crippen molar-refractivity contribution in [2.24, 2.45) is 0 Å². The third-order valence-electron chi connectivity index (χ3n) is 3.39. The molecule has 0 aliphatic carbocycles. The van der Waals surface area contributed by atoms with Crippen LogP contribution >= 0.6 is 12.4 Å². The average molecular weight is 311 g/mol. The summed E-state index contributed by atoms with van der Waals surface area (Å²) >= 11 is 0. The number of piperazine rings is 1. The Hall–Kier alpha value is -0.820. The second-order valence-corrected chi connectivity index (χ2v) is 4.60. The van der Waals surface area contributed by atoms with Crippen LogP contribution in [0.4, 0.5) is 13.2 Å². The zero-order valence-corrected chi connectivity index (χ0v) is 11.7. The molecule has 2 rings (SSSR count). The standard InChI is InChI=1S/C13H17F3N2O.ClH/c14-13(15,16)11-3-1-10(2-4-11)12(9-19)18-7-5-17-6-8-18;/h1-4,12,17,19H,5-9H2;1H/t12-;/m0./s1. The van der Waals surface area contributed by atoms with Gasteiger partial charge >= 0.3 is 6.18 Å². The fourth-order valence-corrected chi connectivity index (χ4v) is 2.32. The molecule has 7 heteroatoms. The van der Waals surface area contributed by atoms with Crippen LogP contribution in [0, 0.1) is 0 Å². The molecule has 1 aromatic carbocycles. The summed E-state index contributed by atoms with van der Waals surface area (Å²) in [6.07, 6.45) is -4.32. The molecule has 0 radical (unpaired) electrons. The summed E-state index contributed by atoms with van der Waals surface area (Å²) in [7, 11) is 0. The molecule has 1 atom stereocenters. The number of hydrogen-bond donors (Lipinski definition) is 2. The summed E-state index contributed by atoms with van der Waals surface area (Å²) in [5, 5.41) is 12.7. The molecule has 1 fully saturated rings. The van der Waals surface area contributed by atoms with E-state index in [0.717, 1.165) is 43.9 Å². The van der Waals surface area contributed by atoms with Gasteiger partial charge in [-0.3, -0.25) is 4.90 Å². The van der Waals surface area contributed by atoms with Crippen molar-refractivity contribution in [3.05, 3.63) is 35.4 Å². The number of aliphatic hydroxyl groups is 1. The molecule has 0 spiro atoms. The Bertz CT molecular complexity index is 405. The zero-order chi connectivity index (χ0) is 13.9. The lowest BCUT2D eigenvalue weighted by atomic mass is 10.0. The Morgan fingerprint density at radius 1 is 1.15 bits per heavy atom. The minimum atomic E-state index is -4.32. The molecule has 1 aromatic rings. The van der Waals surface area contributed by atoms with Crippen LogP contribution in [0.15, 0.2) is 24.3 Å². The molecular weight excluding hydrogens is 293 g/mol. The first kappa shape index (κ1) is 17.2. The molecule has 1 heterocycles. The van der Waals surface area contributed by atoms with Crippen LogP contribution in [0.2, 0.25) is 0 Å². The monoisotopic (exact) mass is 310 g/mol. The van der Waals surface area contributed by atoms with Crippen LogP contribution in [0.25, 0.3) is 0 Å². The van der Waals surface area contributed by atoms with Gasteiger partial charge in [0.25, 0.3) is 0 Å². The molecule has 0 amide bonds. The van der Waals surface area contributed by atoms with Crippen LogP contribution in [0.3, 0.4) is 0 Å². The SMILES string of the molecule is Cl.OC[C@@H](c1ccc(C(F)(F)F)cc1)N1CCNCC1. The number of nitrogens with one attached hydrogen (secondary N) is 1. The van der Waals surface area contributed by atoms with Crippen LogP contribution in [-0.4, -0.2) is 42.8 Å². The molecular formula is C13H18ClF3N2O. The quantitative estimate of drug-likeness (QED) is 0.897. The molecule has 0 saturated carbocycles. The molecule has 20 heavy (non-hydrogen) atoms. The fourth-order valence-electron chi connectivity index (χ4n) is 2.32. The number of nitrogens with zero attached hydrogens (tertiary/aromatic N) is 1. The van der Waals surface area contributed by atoms with Gasteiger partial charge in [0.05, 0.1) is 18.2 Å². The van der Waals surface area contributed by atoms with E-state index in [9.17, 15) is 18.3 Å². The summed E-state index contributed by atoms with van der Waals surface area (Å²) in [5.41, 5.74) is 0.0608. The predicted molar refractivity (Wildman–Crippen MR) is 73.0 cm³/mol. The normalized spacial score (nSPS) is 18.4. The van der Waals surface area contributed by atoms with Crippen molar-refractivity contribution in [1.82, 2.24) is 10.2 Å². The Balaban J connectivity index is 0.00000200. The summed E-state index contributed by atoms with van der Waals surface area (Å²) < 4.78 is 37.5. The van der Waals surface area contributed by atoms with Crippen LogP contribution < -0.4 is 5.32 Å². The van der Waals surface area contributed by atoms with E-state index >= 15 is 0 Å². The third kappa shape index (κ3) is 4.09. The van der Waals surface area contributed by atoms with Crippen molar-refractivity contribution >= 4 is 12.4 Å². The highest BCUT2D eigenvalue weighted by molar-refractivity contribution is 5.85. The highest BCUT2D eigenvalue weighted by Crippen LogP contribution is 2.30. The third-order valence-corrected chi connectivity index (χ3v) is 3.39. The number of benzene rings is 1. The van der Waals surface area contributed by atoms with E-state index < -0.39 is 11.7 Å². The van der Waals surface area contributed by atoms with Gasteiger partial charge in [0.15, 0.2) is 0 Å². The molecule has 3 nitrogen and oxygen atoms in total. The fraction of sp³-hybridized carbons (Fsp3) is 0.538. The second kappa shape index (κ2) is 7.26. The van der Waals surface area contributed by atoms with Crippen LogP contribution in [0.1, 0.15) is 17.2 Å². The van der Waals surface area contributed by atoms with Crippen molar-refractivity contribution in [3.63, 3.8) is 0 Å². The molecule has 0 unspecified atom stereocenters. The van der Waals surface area contributed by atoms with Gasteiger partial charge < -0.3 is 10.4 Å². The van der Waals surface area contributed by atoms with Crippen molar-refractivity contribution in [2.75, 3.05) is 32.8 Å². The van der Waals surface area contributed by atoms with Gasteiger partial charge in [-0.15, -0.1) is 12.4 Å². The number of aliphatic hydroxyl groups excluding tert-OH is 1. The first-order valence-corrected chi connectivity index (χ1v) is 6.25. The first-order chi connectivity index (χ1) is 9.02. The molecule has 0 aromatic heterocycles. The van der Waals surface area contributed by atoms with Gasteiger partial charge in [-0.1, -0.05) is 12.1 Å². The maximum Gasteiger partial charge on any atom is 0.416 e. The van der Waals surface area contributed by atoms with E-state index in [4.69, 9.17) is 0 Å². The van der Waals surface area contributed by atoms with Gasteiger partial charge in [0.2, 0.25) is 0 Å². The highest BCUT2D eigenvalue weighted by atomic mass is 35.5. The summed E-state index contributed by atoms with van der Waals surface area (Å²) in [4.78, 5) is 2.08. The van der Waals surface area contributed by atoms with E-state index in [1.54, 1.807) is 0 Å². The lowest BCUT2D eigenvalue weighted by Gasteiger charge is -2.34. The maximum atomic E-state index is 12.5. The van der Waals surface area contributed by atoms with E-state index in [1.165, 1.54) is 12.1 Å². The first-order valence-electron chi connectivity index (χ1n) is 6.25. The van der Waals surface area contributed by atoms with Gasteiger partial charge in [-0.25, -0.2) is 0 Å². The highest BCUT2D eigenvalue weighted by Gasteiger charge is 2.30. The molecule has 1 aliphatic heterocycles. The largest absolute Gasteiger partial charge is 0.416 e. The number of hydrogen-bond acceptors (Lipinski definition) is 3. The smallest absolute Gasteiger partial charge is 0.394 e. The van der Waals surface area contributed by atoms with Gasteiger partial charge in [-0.05, 0) is 17.7 Å². The molecule has 1 saturated heterocycles. The van der Waals surface area contributed by atoms with Crippen LogP contribution in [0.5, 0.6) is 0 Å². The van der Waals surface area contributed by atoms with Crippen molar-refractivity contribution < 1.29 is 18.3 Å². The Kier molecular flexibility index (Phi) is 6.26. The predicted octanol–water partition coefficient (Wildman–Crippen LogP) is 2.07. The molecule has 114 valence electrons. The zero-order valence-electron chi connectivity index (χ0n) is 10.9. The van der Waals surface area contributed by atoms with Crippen molar-refractivity contribution in [2.45, 2.75) is 12.2 Å². The van der Waals surface area contributed by atoms with E-state index in [2.05, 4.69) is 10.2 Å². The minimum absolute atomic E-state index is 0. The van der Waals surface area contributed by atoms with Crippen molar-refractivity contribution in [1.29, 1.82) is 0 Å².